The molecule has 2 N–H and O–H groups in total. The number of hydrogen-bond donors (Lipinski definition) is 2. The van der Waals surface area contributed by atoms with E-state index in [1.165, 1.54) is 5.69 Å². The summed E-state index contributed by atoms with van der Waals surface area (Å²) in [5, 5.41) is 10.5. The van der Waals surface area contributed by atoms with E-state index in [0.29, 0.717) is 0 Å². The quantitative estimate of drug-likeness (QED) is 0.476. The maximum atomic E-state index is 4.47. The summed E-state index contributed by atoms with van der Waals surface area (Å²) in [4.78, 5) is 4.47. The van der Waals surface area contributed by atoms with Gasteiger partial charge in [0.05, 0.1) is 0 Å². The fourth-order valence-corrected chi connectivity index (χ4v) is 1.44. The number of rotatable bonds is 5. The van der Waals surface area contributed by atoms with Crippen LogP contribution in [0.25, 0.3) is 0 Å². The Balaban J connectivity index is 0.00000256. The highest BCUT2D eigenvalue weighted by molar-refractivity contribution is 14.0. The molecule has 0 aromatic carbocycles. The summed E-state index contributed by atoms with van der Waals surface area (Å²) in [6, 6.07) is 2.02. The number of halogens is 1. The second-order valence-corrected chi connectivity index (χ2v) is 3.49. The lowest BCUT2D eigenvalue weighted by Gasteiger charge is -2.08. The van der Waals surface area contributed by atoms with Gasteiger partial charge in [-0.05, 0) is 19.9 Å². The maximum Gasteiger partial charge on any atom is 0.191 e. The molecule has 5 nitrogen and oxygen atoms in total. The van der Waals surface area contributed by atoms with E-state index in [0.717, 1.165) is 32.0 Å². The van der Waals surface area contributed by atoms with Gasteiger partial charge in [-0.2, -0.15) is 5.10 Å². The molecule has 0 atom stereocenters. The Labute approximate surface area is 120 Å². The molecule has 0 aliphatic heterocycles. The van der Waals surface area contributed by atoms with Gasteiger partial charge in [0.2, 0.25) is 0 Å². The summed E-state index contributed by atoms with van der Waals surface area (Å²) >= 11 is 0. The highest BCUT2D eigenvalue weighted by Crippen LogP contribution is 1.97. The van der Waals surface area contributed by atoms with Gasteiger partial charge >= 0.3 is 0 Å². The number of hydrogen-bond acceptors (Lipinski definition) is 2. The number of aromatic nitrogens is 2. The Morgan fingerprint density at radius 1 is 1.35 bits per heavy atom. The number of aliphatic imine (C=N–C) groups is 1. The van der Waals surface area contributed by atoms with Crippen molar-refractivity contribution >= 4 is 29.9 Å². The van der Waals surface area contributed by atoms with E-state index < -0.39 is 0 Å². The largest absolute Gasteiger partial charge is 0.357 e. The van der Waals surface area contributed by atoms with Crippen molar-refractivity contribution in [3.8, 4) is 0 Å². The van der Waals surface area contributed by atoms with Crippen LogP contribution >= 0.6 is 24.0 Å². The zero-order valence-corrected chi connectivity index (χ0v) is 13.1. The first-order chi connectivity index (χ1) is 7.77. The molecule has 0 aliphatic rings. The second kappa shape index (κ2) is 9.26. The molecular formula is C11H22IN5. The third-order valence-electron chi connectivity index (χ3n) is 2.25. The number of nitrogens with zero attached hydrogens (tertiary/aromatic N) is 3. The first-order valence-electron chi connectivity index (χ1n) is 5.77. The molecule has 0 radical (unpaired) electrons. The van der Waals surface area contributed by atoms with Crippen LogP contribution in [0.1, 0.15) is 19.5 Å². The van der Waals surface area contributed by atoms with Crippen molar-refractivity contribution in [2.45, 2.75) is 20.3 Å². The third kappa shape index (κ3) is 5.90. The zero-order chi connectivity index (χ0) is 11.8. The van der Waals surface area contributed by atoms with Gasteiger partial charge in [0, 0.05) is 45.0 Å². The molecule has 0 saturated heterocycles. The Hall–Kier alpha value is -0.790. The van der Waals surface area contributed by atoms with Crippen LogP contribution in [-0.4, -0.2) is 35.4 Å². The van der Waals surface area contributed by atoms with E-state index in [9.17, 15) is 0 Å². The van der Waals surface area contributed by atoms with Crippen molar-refractivity contribution in [1.82, 2.24) is 20.4 Å². The Morgan fingerprint density at radius 2 is 2.00 bits per heavy atom. The van der Waals surface area contributed by atoms with Crippen molar-refractivity contribution in [2.24, 2.45) is 12.0 Å². The predicted molar refractivity (Wildman–Crippen MR) is 82.0 cm³/mol. The lowest BCUT2D eigenvalue weighted by molar-refractivity contribution is 0.704. The van der Waals surface area contributed by atoms with Crippen LogP contribution in [0.2, 0.25) is 0 Å². The second-order valence-electron chi connectivity index (χ2n) is 3.49. The molecule has 0 saturated carbocycles. The van der Waals surface area contributed by atoms with E-state index in [-0.39, 0.29) is 24.0 Å². The van der Waals surface area contributed by atoms with Crippen molar-refractivity contribution in [1.29, 1.82) is 0 Å². The Morgan fingerprint density at radius 3 is 2.47 bits per heavy atom. The van der Waals surface area contributed by atoms with Crippen LogP contribution in [0, 0.1) is 0 Å². The van der Waals surface area contributed by atoms with Gasteiger partial charge in [0.25, 0.3) is 0 Å². The van der Waals surface area contributed by atoms with Crippen LogP contribution in [0.15, 0.2) is 17.3 Å². The molecule has 0 spiro atoms. The highest BCUT2D eigenvalue weighted by atomic mass is 127. The van der Waals surface area contributed by atoms with Crippen LogP contribution < -0.4 is 10.6 Å². The molecule has 1 aromatic rings. The molecule has 6 heteroatoms. The molecule has 0 aliphatic carbocycles. The molecule has 1 heterocycles. The van der Waals surface area contributed by atoms with Gasteiger partial charge < -0.3 is 10.6 Å². The van der Waals surface area contributed by atoms with Crippen LogP contribution in [-0.2, 0) is 13.5 Å². The predicted octanol–water partition coefficient (Wildman–Crippen LogP) is 1.16. The van der Waals surface area contributed by atoms with Gasteiger partial charge in [-0.25, -0.2) is 0 Å². The fraction of sp³-hybridized carbons (Fsp3) is 0.636. The number of nitrogens with one attached hydrogen (secondary N) is 2. The first-order valence-corrected chi connectivity index (χ1v) is 5.77. The van der Waals surface area contributed by atoms with Crippen LogP contribution in [0.4, 0.5) is 0 Å². The first kappa shape index (κ1) is 16.2. The molecule has 1 aromatic heterocycles. The lowest BCUT2D eigenvalue weighted by Crippen LogP contribution is -2.37. The monoisotopic (exact) mass is 351 g/mol. The Kier molecular flexibility index (Phi) is 8.83. The minimum absolute atomic E-state index is 0. The van der Waals surface area contributed by atoms with Gasteiger partial charge in [-0.1, -0.05) is 0 Å². The van der Waals surface area contributed by atoms with Crippen molar-refractivity contribution in [3.05, 3.63) is 18.0 Å². The minimum atomic E-state index is 0. The fourth-order valence-electron chi connectivity index (χ4n) is 1.44. The Bertz CT molecular complexity index is 326. The van der Waals surface area contributed by atoms with Crippen LogP contribution in [0.5, 0.6) is 0 Å². The lowest BCUT2D eigenvalue weighted by atomic mass is 10.3. The van der Waals surface area contributed by atoms with E-state index >= 15 is 0 Å². The van der Waals surface area contributed by atoms with Gasteiger partial charge in [-0.15, -0.1) is 24.0 Å². The van der Waals surface area contributed by atoms with Gasteiger partial charge in [-0.3, -0.25) is 9.67 Å². The smallest absolute Gasteiger partial charge is 0.191 e. The molecule has 17 heavy (non-hydrogen) atoms. The maximum absolute atomic E-state index is 4.47. The average molecular weight is 351 g/mol. The summed E-state index contributed by atoms with van der Waals surface area (Å²) in [5.74, 6) is 0.882. The summed E-state index contributed by atoms with van der Waals surface area (Å²) in [7, 11) is 1.95. The average Bonchev–Trinajstić information content (AvgIpc) is 2.65. The molecule has 0 unspecified atom stereocenters. The zero-order valence-electron chi connectivity index (χ0n) is 10.7. The van der Waals surface area contributed by atoms with Crippen LogP contribution in [0.3, 0.4) is 0 Å². The van der Waals surface area contributed by atoms with E-state index in [4.69, 9.17) is 0 Å². The van der Waals surface area contributed by atoms with E-state index in [2.05, 4.69) is 34.6 Å². The summed E-state index contributed by atoms with van der Waals surface area (Å²) in [5.41, 5.74) is 1.20. The molecule has 1 rings (SSSR count). The molecule has 0 amide bonds. The SMILES string of the molecule is CCNC(=NCCc1ccnn1C)NCC.I. The van der Waals surface area contributed by atoms with Crippen molar-refractivity contribution in [2.75, 3.05) is 19.6 Å². The van der Waals surface area contributed by atoms with Gasteiger partial charge in [0.15, 0.2) is 5.96 Å². The van der Waals surface area contributed by atoms with Crippen molar-refractivity contribution in [3.63, 3.8) is 0 Å². The van der Waals surface area contributed by atoms with E-state index in [1.54, 1.807) is 0 Å². The van der Waals surface area contributed by atoms with Gasteiger partial charge in [0.1, 0.15) is 0 Å². The standard InChI is InChI=1S/C11H21N5.HI/c1-4-12-11(13-5-2)14-8-6-10-7-9-15-16(10)3;/h7,9H,4-6,8H2,1-3H3,(H2,12,13,14);1H. The third-order valence-corrected chi connectivity index (χ3v) is 2.25. The highest BCUT2D eigenvalue weighted by Gasteiger charge is 1.98. The molecule has 0 bridgehead atoms. The summed E-state index contributed by atoms with van der Waals surface area (Å²) < 4.78 is 1.88. The molecule has 98 valence electrons. The molecular weight excluding hydrogens is 329 g/mol. The molecule has 0 fully saturated rings. The normalized spacial score (nSPS) is 9.35. The number of aryl methyl sites for hydroxylation is 1. The van der Waals surface area contributed by atoms with E-state index in [1.807, 2.05) is 24.0 Å². The summed E-state index contributed by atoms with van der Waals surface area (Å²) in [6.07, 6.45) is 2.73. The minimum Gasteiger partial charge on any atom is -0.357 e. The summed E-state index contributed by atoms with van der Waals surface area (Å²) in [6.45, 7) is 6.67. The topological polar surface area (TPSA) is 54.2 Å². The van der Waals surface area contributed by atoms with Crippen molar-refractivity contribution < 1.29 is 0 Å². The number of guanidine groups is 1.